The fraction of sp³-hybridized carbons (Fsp3) is 0.304. The molecule has 0 amide bonds. The van der Waals surface area contributed by atoms with E-state index in [1.54, 1.807) is 19.2 Å². The van der Waals surface area contributed by atoms with Gasteiger partial charge in [0.25, 0.3) is 0 Å². The van der Waals surface area contributed by atoms with Crippen molar-refractivity contribution in [1.29, 1.82) is 0 Å². The highest BCUT2D eigenvalue weighted by Gasteiger charge is 2.26. The summed E-state index contributed by atoms with van der Waals surface area (Å²) < 4.78 is 16.1. The van der Waals surface area contributed by atoms with Crippen LogP contribution < -0.4 is 0 Å². The standard InChI is InChI=1S/C23H24FN3O2/c1-12(2)23-22(14(4)8-21(28)29)17-10-19-15(11-25-26-19)9-20(17)27(23)16-5-6-18(24)13(3)7-16/h5-7,9-12,14H,8H2,1-4H3,(H,25,26)(H,28,29). The molecule has 0 saturated carbocycles. The Morgan fingerprint density at radius 1 is 1.24 bits per heavy atom. The summed E-state index contributed by atoms with van der Waals surface area (Å²) in [4.78, 5) is 11.5. The molecule has 0 aliphatic carbocycles. The number of rotatable bonds is 5. The van der Waals surface area contributed by atoms with Crippen molar-refractivity contribution in [2.75, 3.05) is 0 Å². The third-order valence-electron chi connectivity index (χ3n) is 5.52. The number of fused-ring (bicyclic) bond motifs is 2. The second-order valence-electron chi connectivity index (χ2n) is 8.05. The molecule has 0 spiro atoms. The van der Waals surface area contributed by atoms with Gasteiger partial charge in [-0.05, 0) is 60.2 Å². The van der Waals surface area contributed by atoms with E-state index in [9.17, 15) is 14.3 Å². The number of aryl methyl sites for hydroxylation is 1. The van der Waals surface area contributed by atoms with E-state index in [-0.39, 0.29) is 24.1 Å². The highest BCUT2D eigenvalue weighted by Crippen LogP contribution is 2.40. The summed E-state index contributed by atoms with van der Waals surface area (Å²) in [5.74, 6) is -1.09. The van der Waals surface area contributed by atoms with Crippen LogP contribution >= 0.6 is 0 Å². The number of hydrogen-bond acceptors (Lipinski definition) is 2. The van der Waals surface area contributed by atoms with Crippen LogP contribution in [-0.2, 0) is 4.79 Å². The lowest BCUT2D eigenvalue weighted by atomic mass is 9.91. The normalized spacial score (nSPS) is 12.9. The Hall–Kier alpha value is -3.15. The number of nitrogens with zero attached hydrogens (tertiary/aromatic N) is 2. The number of aromatic nitrogens is 3. The first-order valence-corrected chi connectivity index (χ1v) is 9.77. The summed E-state index contributed by atoms with van der Waals surface area (Å²) >= 11 is 0. The van der Waals surface area contributed by atoms with Crippen LogP contribution in [-0.4, -0.2) is 25.8 Å². The van der Waals surface area contributed by atoms with E-state index in [0.29, 0.717) is 5.56 Å². The first-order valence-electron chi connectivity index (χ1n) is 9.77. The lowest BCUT2D eigenvalue weighted by Gasteiger charge is -2.18. The van der Waals surface area contributed by atoms with Gasteiger partial charge in [0, 0.05) is 22.2 Å². The minimum Gasteiger partial charge on any atom is -0.481 e. The van der Waals surface area contributed by atoms with Crippen LogP contribution in [0, 0.1) is 12.7 Å². The third-order valence-corrected chi connectivity index (χ3v) is 5.52. The number of carboxylic acid groups (broad SMARTS) is 1. The second-order valence-corrected chi connectivity index (χ2v) is 8.05. The van der Waals surface area contributed by atoms with Crippen LogP contribution in [0.5, 0.6) is 0 Å². The van der Waals surface area contributed by atoms with Gasteiger partial charge in [0.15, 0.2) is 0 Å². The zero-order valence-corrected chi connectivity index (χ0v) is 17.0. The number of halogens is 1. The maximum atomic E-state index is 13.9. The zero-order chi connectivity index (χ0) is 20.9. The second kappa shape index (κ2) is 7.03. The molecule has 6 heteroatoms. The molecular formula is C23H24FN3O2. The van der Waals surface area contributed by atoms with Crippen LogP contribution in [0.3, 0.4) is 0 Å². The minimum atomic E-state index is -0.826. The molecule has 0 aliphatic heterocycles. The van der Waals surface area contributed by atoms with E-state index in [1.807, 2.05) is 19.1 Å². The van der Waals surface area contributed by atoms with E-state index < -0.39 is 5.97 Å². The predicted octanol–water partition coefficient (Wildman–Crippen LogP) is 5.66. The number of aromatic amines is 1. The van der Waals surface area contributed by atoms with Gasteiger partial charge >= 0.3 is 5.97 Å². The molecule has 29 heavy (non-hydrogen) atoms. The SMILES string of the molecule is Cc1cc(-n2c(C(C)C)c(C(C)CC(=O)O)c3cc4[nH]ncc4cc32)ccc1F. The van der Waals surface area contributed by atoms with Gasteiger partial charge in [-0.2, -0.15) is 5.10 Å². The molecule has 2 aromatic carbocycles. The molecule has 1 unspecified atom stereocenters. The van der Waals surface area contributed by atoms with Crippen molar-refractivity contribution in [1.82, 2.24) is 14.8 Å². The molecule has 2 N–H and O–H groups in total. The van der Waals surface area contributed by atoms with Crippen LogP contribution in [0.2, 0.25) is 0 Å². The molecule has 0 radical (unpaired) electrons. The molecule has 2 heterocycles. The van der Waals surface area contributed by atoms with Gasteiger partial charge in [-0.1, -0.05) is 20.8 Å². The maximum absolute atomic E-state index is 13.9. The van der Waals surface area contributed by atoms with Crippen molar-refractivity contribution in [3.63, 3.8) is 0 Å². The number of aliphatic carboxylic acids is 1. The number of H-pyrrole nitrogens is 1. The van der Waals surface area contributed by atoms with Crippen molar-refractivity contribution in [3.8, 4) is 5.69 Å². The fourth-order valence-electron chi connectivity index (χ4n) is 4.27. The van der Waals surface area contributed by atoms with Gasteiger partial charge < -0.3 is 9.67 Å². The first kappa shape index (κ1) is 19.2. The van der Waals surface area contributed by atoms with Gasteiger partial charge in [-0.15, -0.1) is 0 Å². The summed E-state index contributed by atoms with van der Waals surface area (Å²) in [5, 5.41) is 18.5. The van der Waals surface area contributed by atoms with Crippen LogP contribution in [0.15, 0.2) is 36.5 Å². The molecule has 150 valence electrons. The summed E-state index contributed by atoms with van der Waals surface area (Å²) in [5.41, 5.74) is 5.40. The van der Waals surface area contributed by atoms with E-state index in [0.717, 1.165) is 38.8 Å². The number of benzene rings is 2. The Balaban J connectivity index is 2.13. The predicted molar refractivity (Wildman–Crippen MR) is 112 cm³/mol. The molecule has 1 atom stereocenters. The van der Waals surface area contributed by atoms with Gasteiger partial charge in [-0.3, -0.25) is 9.89 Å². The van der Waals surface area contributed by atoms with Gasteiger partial charge in [0.05, 0.1) is 23.7 Å². The first-order chi connectivity index (χ1) is 13.8. The largest absolute Gasteiger partial charge is 0.481 e. The van der Waals surface area contributed by atoms with E-state index in [2.05, 4.69) is 34.7 Å². The van der Waals surface area contributed by atoms with Crippen LogP contribution in [0.1, 0.15) is 55.8 Å². The zero-order valence-electron chi connectivity index (χ0n) is 17.0. The third kappa shape index (κ3) is 3.18. The molecule has 4 aromatic rings. The van der Waals surface area contributed by atoms with Crippen molar-refractivity contribution in [2.24, 2.45) is 0 Å². The summed E-state index contributed by atoms with van der Waals surface area (Å²) in [6, 6.07) is 9.21. The van der Waals surface area contributed by atoms with Crippen molar-refractivity contribution < 1.29 is 14.3 Å². The Kier molecular flexibility index (Phi) is 4.65. The summed E-state index contributed by atoms with van der Waals surface area (Å²) in [6.45, 7) is 7.91. The number of nitrogens with one attached hydrogen (secondary N) is 1. The molecule has 4 rings (SSSR count). The van der Waals surface area contributed by atoms with E-state index >= 15 is 0 Å². The fourth-order valence-corrected chi connectivity index (χ4v) is 4.27. The topological polar surface area (TPSA) is 70.9 Å². The van der Waals surface area contributed by atoms with Gasteiger partial charge in [0.2, 0.25) is 0 Å². The lowest BCUT2D eigenvalue weighted by molar-refractivity contribution is -0.137. The molecular weight excluding hydrogens is 369 g/mol. The Morgan fingerprint density at radius 3 is 2.66 bits per heavy atom. The Bertz CT molecular complexity index is 1240. The molecule has 2 aromatic heterocycles. The van der Waals surface area contributed by atoms with Crippen molar-refractivity contribution in [2.45, 2.75) is 46.0 Å². The lowest BCUT2D eigenvalue weighted by Crippen LogP contribution is -2.09. The summed E-state index contributed by atoms with van der Waals surface area (Å²) in [6.07, 6.45) is 1.82. The van der Waals surface area contributed by atoms with E-state index in [1.165, 1.54) is 6.07 Å². The molecule has 0 fully saturated rings. The minimum absolute atomic E-state index is 0.0439. The van der Waals surface area contributed by atoms with Gasteiger partial charge in [0.1, 0.15) is 5.82 Å². The summed E-state index contributed by atoms with van der Waals surface area (Å²) in [7, 11) is 0. The van der Waals surface area contributed by atoms with Gasteiger partial charge in [-0.25, -0.2) is 4.39 Å². The maximum Gasteiger partial charge on any atom is 0.303 e. The van der Waals surface area contributed by atoms with Crippen molar-refractivity contribution >= 4 is 27.8 Å². The Morgan fingerprint density at radius 2 is 2.00 bits per heavy atom. The van der Waals surface area contributed by atoms with Crippen LogP contribution in [0.25, 0.3) is 27.5 Å². The molecule has 5 nitrogen and oxygen atoms in total. The average Bonchev–Trinajstić information content (AvgIpc) is 3.23. The Labute approximate surface area is 168 Å². The molecule has 0 saturated heterocycles. The number of carbonyl (C=O) groups is 1. The monoisotopic (exact) mass is 393 g/mol. The number of hydrogen-bond donors (Lipinski definition) is 2. The number of carboxylic acids is 1. The van der Waals surface area contributed by atoms with Crippen molar-refractivity contribution in [3.05, 3.63) is 59.2 Å². The van der Waals surface area contributed by atoms with E-state index in [4.69, 9.17) is 0 Å². The average molecular weight is 393 g/mol. The molecule has 0 bridgehead atoms. The highest BCUT2D eigenvalue weighted by molar-refractivity contribution is 5.99. The molecule has 0 aliphatic rings. The quantitative estimate of drug-likeness (QED) is 0.460. The highest BCUT2D eigenvalue weighted by atomic mass is 19.1. The smallest absolute Gasteiger partial charge is 0.303 e. The van der Waals surface area contributed by atoms with Crippen LogP contribution in [0.4, 0.5) is 4.39 Å².